The van der Waals surface area contributed by atoms with Crippen molar-refractivity contribution in [2.75, 3.05) is 7.11 Å². The van der Waals surface area contributed by atoms with E-state index in [9.17, 15) is 4.79 Å². The number of para-hydroxylation sites is 1. The van der Waals surface area contributed by atoms with Gasteiger partial charge in [0, 0.05) is 22.7 Å². The molecule has 0 spiro atoms. The fraction of sp³-hybridized carbons (Fsp3) is 0.100. The van der Waals surface area contributed by atoms with Gasteiger partial charge in [-0.05, 0) is 23.8 Å². The second kappa shape index (κ2) is 7.66. The number of hydrogen-bond donors (Lipinski definition) is 1. The molecule has 0 radical (unpaired) electrons. The summed E-state index contributed by atoms with van der Waals surface area (Å²) in [5.74, 6) is 0.340. The van der Waals surface area contributed by atoms with Gasteiger partial charge in [0.1, 0.15) is 17.8 Å². The third-order valence-electron chi connectivity index (χ3n) is 4.29. The highest BCUT2D eigenvalue weighted by atomic mass is 35.5. The van der Waals surface area contributed by atoms with Crippen molar-refractivity contribution in [1.29, 1.82) is 0 Å². The molecule has 8 heteroatoms. The Morgan fingerprint density at radius 3 is 2.75 bits per heavy atom. The number of benzene rings is 2. The molecule has 1 N–H and O–H groups in total. The van der Waals surface area contributed by atoms with Crippen molar-refractivity contribution in [3.05, 3.63) is 77.2 Å². The van der Waals surface area contributed by atoms with E-state index in [1.165, 1.54) is 10.8 Å². The summed E-state index contributed by atoms with van der Waals surface area (Å²) in [5, 5.41) is 15.8. The van der Waals surface area contributed by atoms with Crippen molar-refractivity contribution >= 4 is 23.2 Å². The minimum Gasteiger partial charge on any atom is -0.496 e. The first-order valence-corrected chi connectivity index (χ1v) is 8.91. The minimum atomic E-state index is -0.327. The lowest BCUT2D eigenvalue weighted by molar-refractivity contribution is 0.0944. The molecule has 0 aliphatic carbocycles. The van der Waals surface area contributed by atoms with Gasteiger partial charge in [0.25, 0.3) is 5.91 Å². The number of carbonyl (C=O) groups is 1. The van der Waals surface area contributed by atoms with E-state index in [1.807, 2.05) is 42.5 Å². The van der Waals surface area contributed by atoms with Crippen LogP contribution >= 0.6 is 11.6 Å². The van der Waals surface area contributed by atoms with Gasteiger partial charge >= 0.3 is 0 Å². The summed E-state index contributed by atoms with van der Waals surface area (Å²) in [5.41, 5.74) is 3.10. The molecule has 0 atom stereocenters. The topological polar surface area (TPSA) is 81.4 Å². The third-order valence-corrected chi connectivity index (χ3v) is 4.66. The summed E-state index contributed by atoms with van der Waals surface area (Å²) < 4.78 is 6.93. The predicted molar refractivity (Wildman–Crippen MR) is 105 cm³/mol. The van der Waals surface area contributed by atoms with Crippen LogP contribution in [-0.4, -0.2) is 32.8 Å². The second-order valence-electron chi connectivity index (χ2n) is 6.02. The zero-order chi connectivity index (χ0) is 19.5. The highest BCUT2D eigenvalue weighted by molar-refractivity contribution is 6.31. The van der Waals surface area contributed by atoms with Crippen LogP contribution in [0, 0.1) is 0 Å². The number of nitrogens with one attached hydrogen (secondary N) is 1. The molecule has 140 valence electrons. The Hall–Kier alpha value is -3.45. The van der Waals surface area contributed by atoms with Crippen LogP contribution in [0.15, 0.2) is 60.9 Å². The van der Waals surface area contributed by atoms with Crippen LogP contribution in [0.25, 0.3) is 16.8 Å². The number of methoxy groups -OCH3 is 1. The van der Waals surface area contributed by atoms with Gasteiger partial charge in [0.2, 0.25) is 0 Å². The smallest absolute Gasteiger partial charge is 0.272 e. The summed E-state index contributed by atoms with van der Waals surface area (Å²) in [6.07, 6.45) is 1.46. The van der Waals surface area contributed by atoms with Gasteiger partial charge in [-0.25, -0.2) is 0 Å². The number of aromatic nitrogens is 4. The molecular formula is C20H16ClN5O2. The number of halogens is 1. The van der Waals surface area contributed by atoms with E-state index in [1.54, 1.807) is 19.2 Å². The maximum atomic E-state index is 12.7. The van der Waals surface area contributed by atoms with Crippen LogP contribution in [0.3, 0.4) is 0 Å². The summed E-state index contributed by atoms with van der Waals surface area (Å²) in [4.78, 5) is 12.7. The molecule has 0 saturated carbocycles. The van der Waals surface area contributed by atoms with E-state index in [2.05, 4.69) is 20.6 Å². The standard InChI is InChI=1S/C20H16ClN5O2/c1-28-18-9-5-3-7-14(18)15-10-17(25-26-12-23-24-19(15)26)20(27)22-11-13-6-2-4-8-16(13)21/h2-10,12H,11H2,1H3,(H,22,27). The fourth-order valence-electron chi connectivity index (χ4n) is 2.91. The van der Waals surface area contributed by atoms with Crippen molar-refractivity contribution in [2.24, 2.45) is 0 Å². The first-order chi connectivity index (χ1) is 13.7. The van der Waals surface area contributed by atoms with Crippen molar-refractivity contribution in [2.45, 2.75) is 6.54 Å². The van der Waals surface area contributed by atoms with E-state index >= 15 is 0 Å². The summed E-state index contributed by atoms with van der Waals surface area (Å²) in [6.45, 7) is 0.296. The summed E-state index contributed by atoms with van der Waals surface area (Å²) in [7, 11) is 1.60. The highest BCUT2D eigenvalue weighted by Gasteiger charge is 2.17. The number of rotatable bonds is 5. The van der Waals surface area contributed by atoms with E-state index in [4.69, 9.17) is 16.3 Å². The molecule has 0 unspecified atom stereocenters. The van der Waals surface area contributed by atoms with Crippen molar-refractivity contribution in [3.63, 3.8) is 0 Å². The van der Waals surface area contributed by atoms with Gasteiger partial charge in [-0.2, -0.15) is 9.61 Å². The molecule has 4 aromatic rings. The molecule has 0 saturated heterocycles. The fourth-order valence-corrected chi connectivity index (χ4v) is 3.11. The van der Waals surface area contributed by atoms with Crippen LogP contribution in [0.1, 0.15) is 16.1 Å². The lowest BCUT2D eigenvalue weighted by atomic mass is 10.1. The molecule has 4 rings (SSSR count). The number of fused-ring (bicyclic) bond motifs is 1. The van der Waals surface area contributed by atoms with E-state index in [0.717, 1.165) is 11.1 Å². The monoisotopic (exact) mass is 393 g/mol. The summed E-state index contributed by atoms with van der Waals surface area (Å²) >= 11 is 6.15. The third kappa shape index (κ3) is 3.39. The molecule has 2 aromatic carbocycles. The molecule has 0 fully saturated rings. The van der Waals surface area contributed by atoms with Crippen LogP contribution in [0.5, 0.6) is 5.75 Å². The number of ether oxygens (including phenoxy) is 1. The van der Waals surface area contributed by atoms with Gasteiger partial charge in [0.05, 0.1) is 7.11 Å². The van der Waals surface area contributed by atoms with Crippen molar-refractivity contribution in [3.8, 4) is 16.9 Å². The maximum Gasteiger partial charge on any atom is 0.272 e. The predicted octanol–water partition coefficient (Wildman–Crippen LogP) is 3.38. The van der Waals surface area contributed by atoms with Crippen LogP contribution in [0.4, 0.5) is 0 Å². The Labute approximate surface area is 165 Å². The van der Waals surface area contributed by atoms with E-state index in [-0.39, 0.29) is 11.6 Å². The largest absolute Gasteiger partial charge is 0.496 e. The molecule has 28 heavy (non-hydrogen) atoms. The average Bonchev–Trinajstić information content (AvgIpc) is 3.21. The zero-order valence-electron chi connectivity index (χ0n) is 15.0. The number of carbonyl (C=O) groups excluding carboxylic acids is 1. The second-order valence-corrected chi connectivity index (χ2v) is 6.42. The van der Waals surface area contributed by atoms with Gasteiger partial charge in [0.15, 0.2) is 5.65 Å². The number of amides is 1. The van der Waals surface area contributed by atoms with Crippen molar-refractivity contribution in [1.82, 2.24) is 25.1 Å². The minimum absolute atomic E-state index is 0.236. The molecule has 1 amide bonds. The SMILES string of the molecule is COc1ccccc1-c1cc(C(=O)NCc2ccccc2Cl)nn2cnnc12. The van der Waals surface area contributed by atoms with Crippen LogP contribution < -0.4 is 10.1 Å². The van der Waals surface area contributed by atoms with Crippen molar-refractivity contribution < 1.29 is 9.53 Å². The van der Waals surface area contributed by atoms with Crippen LogP contribution in [-0.2, 0) is 6.54 Å². The average molecular weight is 394 g/mol. The normalized spacial score (nSPS) is 10.8. The van der Waals surface area contributed by atoms with E-state index in [0.29, 0.717) is 28.5 Å². The Balaban J connectivity index is 1.70. The number of hydrogen-bond acceptors (Lipinski definition) is 5. The molecule has 2 aromatic heterocycles. The molecule has 0 aliphatic rings. The lowest BCUT2D eigenvalue weighted by Crippen LogP contribution is -2.24. The Morgan fingerprint density at radius 1 is 1.14 bits per heavy atom. The first kappa shape index (κ1) is 17.9. The summed E-state index contributed by atoms with van der Waals surface area (Å²) in [6, 6.07) is 16.6. The van der Waals surface area contributed by atoms with Gasteiger partial charge in [-0.1, -0.05) is 48.0 Å². The van der Waals surface area contributed by atoms with Gasteiger partial charge < -0.3 is 10.1 Å². The molecule has 7 nitrogen and oxygen atoms in total. The molecule has 0 bridgehead atoms. The first-order valence-electron chi connectivity index (χ1n) is 8.53. The van der Waals surface area contributed by atoms with Gasteiger partial charge in [-0.15, -0.1) is 10.2 Å². The Morgan fingerprint density at radius 2 is 1.93 bits per heavy atom. The lowest BCUT2D eigenvalue weighted by Gasteiger charge is -2.11. The number of nitrogens with zero attached hydrogens (tertiary/aromatic N) is 4. The highest BCUT2D eigenvalue weighted by Crippen LogP contribution is 2.32. The van der Waals surface area contributed by atoms with Crippen LogP contribution in [0.2, 0.25) is 5.02 Å². The molecule has 2 heterocycles. The molecule has 0 aliphatic heterocycles. The zero-order valence-corrected chi connectivity index (χ0v) is 15.7. The Kier molecular flexibility index (Phi) is 4.90. The Bertz CT molecular complexity index is 1160. The maximum absolute atomic E-state index is 12.7. The molecular weight excluding hydrogens is 378 g/mol. The quantitative estimate of drug-likeness (QED) is 0.562. The van der Waals surface area contributed by atoms with E-state index < -0.39 is 0 Å². The van der Waals surface area contributed by atoms with Gasteiger partial charge in [-0.3, -0.25) is 4.79 Å².